The Balaban J connectivity index is 1.60. The average molecular weight is 513 g/mol. The van der Waals surface area contributed by atoms with E-state index in [0.717, 1.165) is 21.5 Å². The number of carbonyl (C=O) groups excluding carboxylic acids is 1. The zero-order valence-corrected chi connectivity index (χ0v) is 20.4. The summed E-state index contributed by atoms with van der Waals surface area (Å²) in [5.74, 6) is 0.557. The zero-order valence-electron chi connectivity index (χ0n) is 18.0. The summed E-state index contributed by atoms with van der Waals surface area (Å²) in [7, 11) is 0. The van der Waals surface area contributed by atoms with Crippen LogP contribution in [0.3, 0.4) is 0 Å². The van der Waals surface area contributed by atoms with Gasteiger partial charge in [0.1, 0.15) is 0 Å². The van der Waals surface area contributed by atoms with E-state index in [-0.39, 0.29) is 5.91 Å². The Morgan fingerprint density at radius 3 is 2.78 bits per heavy atom. The molecule has 0 radical (unpaired) electrons. The Kier molecular flexibility index (Phi) is 8.64. The summed E-state index contributed by atoms with van der Waals surface area (Å²) < 4.78 is 2.90. The van der Waals surface area contributed by atoms with Gasteiger partial charge in [-0.25, -0.2) is 5.43 Å². The monoisotopic (exact) mass is 512 g/mol. The summed E-state index contributed by atoms with van der Waals surface area (Å²) in [4.78, 5) is 12.5. The molecule has 0 aliphatic heterocycles. The van der Waals surface area contributed by atoms with Gasteiger partial charge in [-0.1, -0.05) is 63.6 Å². The quantitative estimate of drug-likeness (QED) is 0.177. The molecule has 0 aliphatic rings. The molecule has 0 spiro atoms. The Morgan fingerprint density at radius 1 is 1.28 bits per heavy atom. The predicted molar refractivity (Wildman–Crippen MR) is 134 cm³/mol. The van der Waals surface area contributed by atoms with E-state index in [0.29, 0.717) is 18.2 Å². The fourth-order valence-electron chi connectivity index (χ4n) is 2.76. The highest BCUT2D eigenvalue weighted by Gasteiger charge is 2.19. The first kappa shape index (κ1) is 23.7. The van der Waals surface area contributed by atoms with Gasteiger partial charge in [0, 0.05) is 16.7 Å². The number of hydrazone groups is 1. The fourth-order valence-corrected chi connectivity index (χ4v) is 4.05. The number of benzene rings is 2. The highest BCUT2D eigenvalue weighted by atomic mass is 79.9. The van der Waals surface area contributed by atoms with E-state index in [9.17, 15) is 4.79 Å². The van der Waals surface area contributed by atoms with Crippen LogP contribution in [0.5, 0.6) is 0 Å². The molecule has 2 N–H and O–H groups in total. The lowest BCUT2D eigenvalue weighted by molar-refractivity contribution is -0.120. The van der Waals surface area contributed by atoms with Gasteiger partial charge in [0.25, 0.3) is 5.91 Å². The number of hydrogen-bond acceptors (Lipinski definition) is 6. The SMILES string of the molecule is C=CCn1c(CNc2ccc(C)cc2)nnc1S[C@@H](C)C(=O)N/N=C\c1cccc(Br)c1. The molecule has 2 aromatic carbocycles. The first-order valence-corrected chi connectivity index (χ1v) is 11.7. The van der Waals surface area contributed by atoms with Crippen molar-refractivity contribution in [3.05, 3.63) is 82.6 Å². The molecule has 1 heterocycles. The number of amides is 1. The molecule has 1 amide bonds. The number of hydrogen-bond donors (Lipinski definition) is 2. The first-order chi connectivity index (χ1) is 15.5. The van der Waals surface area contributed by atoms with Crippen LogP contribution in [-0.2, 0) is 17.9 Å². The Morgan fingerprint density at radius 2 is 2.06 bits per heavy atom. The molecule has 0 saturated carbocycles. The molecular formula is C23H25BrN6OS. The number of carbonyl (C=O) groups is 1. The second-order valence-electron chi connectivity index (χ2n) is 7.07. The highest BCUT2D eigenvalue weighted by molar-refractivity contribution is 9.10. The van der Waals surface area contributed by atoms with Gasteiger partial charge in [-0.2, -0.15) is 5.10 Å². The third-order valence-corrected chi connectivity index (χ3v) is 6.07. The van der Waals surface area contributed by atoms with Crippen molar-refractivity contribution in [2.45, 2.75) is 37.3 Å². The molecule has 1 aromatic heterocycles. The van der Waals surface area contributed by atoms with Gasteiger partial charge in [-0.3, -0.25) is 4.79 Å². The van der Waals surface area contributed by atoms with Crippen LogP contribution >= 0.6 is 27.7 Å². The van der Waals surface area contributed by atoms with Crippen molar-refractivity contribution in [2.24, 2.45) is 5.10 Å². The maximum atomic E-state index is 12.5. The third kappa shape index (κ3) is 6.80. The molecule has 3 rings (SSSR count). The normalized spacial score (nSPS) is 12.0. The van der Waals surface area contributed by atoms with Gasteiger partial charge in [0.15, 0.2) is 11.0 Å². The van der Waals surface area contributed by atoms with Crippen LogP contribution < -0.4 is 10.7 Å². The standard InChI is InChI=1S/C23H25BrN6OS/c1-4-12-30-21(15-25-20-10-8-16(2)9-11-20)27-29-23(30)32-17(3)22(31)28-26-14-18-6-5-7-19(24)13-18/h4-11,13-14,17,25H,1,12,15H2,2-3H3,(H,28,31)/b26-14-/t17-/m0/s1. The topological polar surface area (TPSA) is 84.2 Å². The summed E-state index contributed by atoms with van der Waals surface area (Å²) in [5.41, 5.74) is 5.68. The second kappa shape index (κ2) is 11.6. The summed E-state index contributed by atoms with van der Waals surface area (Å²) in [6.45, 7) is 8.76. The molecule has 166 valence electrons. The van der Waals surface area contributed by atoms with E-state index < -0.39 is 5.25 Å². The van der Waals surface area contributed by atoms with E-state index in [1.54, 1.807) is 12.3 Å². The van der Waals surface area contributed by atoms with Crippen molar-refractivity contribution in [2.75, 3.05) is 5.32 Å². The van der Waals surface area contributed by atoms with Crippen LogP contribution in [-0.4, -0.2) is 32.1 Å². The lowest BCUT2D eigenvalue weighted by Gasteiger charge is -2.12. The van der Waals surface area contributed by atoms with Crippen molar-refractivity contribution in [3.8, 4) is 0 Å². The molecule has 7 nitrogen and oxygen atoms in total. The van der Waals surface area contributed by atoms with Crippen LogP contribution in [0.2, 0.25) is 0 Å². The lowest BCUT2D eigenvalue weighted by atomic mass is 10.2. The Bertz CT molecular complexity index is 1100. The summed E-state index contributed by atoms with van der Waals surface area (Å²) in [5, 5.41) is 16.3. The minimum atomic E-state index is -0.402. The number of aromatic nitrogens is 3. The third-order valence-electron chi connectivity index (χ3n) is 4.50. The van der Waals surface area contributed by atoms with Crippen molar-refractivity contribution in [1.29, 1.82) is 0 Å². The van der Waals surface area contributed by atoms with E-state index in [4.69, 9.17) is 0 Å². The maximum Gasteiger partial charge on any atom is 0.253 e. The van der Waals surface area contributed by atoms with Gasteiger partial charge in [-0.15, -0.1) is 16.8 Å². The van der Waals surface area contributed by atoms with Gasteiger partial charge >= 0.3 is 0 Å². The molecule has 3 aromatic rings. The number of aryl methyl sites for hydroxylation is 1. The number of nitrogens with zero attached hydrogens (tertiary/aromatic N) is 4. The first-order valence-electron chi connectivity index (χ1n) is 10.0. The molecule has 0 saturated heterocycles. The van der Waals surface area contributed by atoms with Crippen LogP contribution in [0, 0.1) is 6.92 Å². The van der Waals surface area contributed by atoms with Crippen molar-refractivity contribution in [3.63, 3.8) is 0 Å². The molecule has 0 bridgehead atoms. The molecule has 0 aliphatic carbocycles. The van der Waals surface area contributed by atoms with Crippen LogP contribution in [0.15, 0.2) is 75.9 Å². The van der Waals surface area contributed by atoms with Gasteiger partial charge in [-0.05, 0) is 43.7 Å². The van der Waals surface area contributed by atoms with Gasteiger partial charge < -0.3 is 9.88 Å². The van der Waals surface area contributed by atoms with Crippen LogP contribution in [0.1, 0.15) is 23.9 Å². The zero-order chi connectivity index (χ0) is 22.9. The van der Waals surface area contributed by atoms with Crippen molar-refractivity contribution < 1.29 is 4.79 Å². The number of halogens is 1. The van der Waals surface area contributed by atoms with Crippen molar-refractivity contribution in [1.82, 2.24) is 20.2 Å². The van der Waals surface area contributed by atoms with Crippen molar-refractivity contribution >= 4 is 45.5 Å². The largest absolute Gasteiger partial charge is 0.378 e. The second-order valence-corrected chi connectivity index (χ2v) is 9.29. The molecule has 32 heavy (non-hydrogen) atoms. The summed E-state index contributed by atoms with van der Waals surface area (Å²) in [6.07, 6.45) is 3.39. The predicted octanol–water partition coefficient (Wildman–Crippen LogP) is 4.78. The fraction of sp³-hybridized carbons (Fsp3) is 0.217. The minimum Gasteiger partial charge on any atom is -0.378 e. The van der Waals surface area contributed by atoms with Crippen LogP contribution in [0.25, 0.3) is 0 Å². The van der Waals surface area contributed by atoms with Crippen LogP contribution in [0.4, 0.5) is 5.69 Å². The maximum absolute atomic E-state index is 12.5. The van der Waals surface area contributed by atoms with Gasteiger partial charge in [0.05, 0.1) is 18.0 Å². The summed E-state index contributed by atoms with van der Waals surface area (Å²) in [6, 6.07) is 15.8. The molecule has 0 unspecified atom stereocenters. The number of nitrogens with one attached hydrogen (secondary N) is 2. The average Bonchev–Trinajstić information content (AvgIpc) is 3.15. The van der Waals surface area contributed by atoms with E-state index >= 15 is 0 Å². The molecule has 1 atom stereocenters. The van der Waals surface area contributed by atoms with E-state index in [2.05, 4.69) is 67.6 Å². The smallest absolute Gasteiger partial charge is 0.253 e. The molecule has 9 heteroatoms. The Hall–Kier alpha value is -2.91. The number of thioether (sulfide) groups is 1. The molecular weight excluding hydrogens is 488 g/mol. The Labute approximate surface area is 200 Å². The minimum absolute atomic E-state index is 0.214. The van der Waals surface area contributed by atoms with Gasteiger partial charge in [0.2, 0.25) is 0 Å². The number of rotatable bonds is 10. The van der Waals surface area contributed by atoms with E-state index in [1.165, 1.54) is 17.3 Å². The number of anilines is 1. The highest BCUT2D eigenvalue weighted by Crippen LogP contribution is 2.23. The van der Waals surface area contributed by atoms with E-state index in [1.807, 2.05) is 47.9 Å². The number of allylic oxidation sites excluding steroid dienone is 1. The summed E-state index contributed by atoms with van der Waals surface area (Å²) >= 11 is 4.74. The lowest BCUT2D eigenvalue weighted by Crippen LogP contribution is -2.27. The molecule has 0 fully saturated rings.